The predicted octanol–water partition coefficient (Wildman–Crippen LogP) is -6.80. The van der Waals surface area contributed by atoms with Crippen molar-refractivity contribution in [3.8, 4) is 0 Å². The third kappa shape index (κ3) is 63.7. The topological polar surface area (TPSA) is 597 Å². The number of nitrogens with zero attached hydrogens (tertiary/aromatic N) is 1. The number of hydrogen-bond donors (Lipinski definition) is 15. The maximum Gasteiger partial charge on any atom is 0.253 e. The molecule has 1 aliphatic rings. The molecule has 0 unspecified atom stereocenters. The van der Waals surface area contributed by atoms with Crippen LogP contribution in [-0.4, -0.2) is 369 Å². The largest absolute Gasteiger partial charge is 0.379 e. The van der Waals surface area contributed by atoms with Crippen molar-refractivity contribution < 1.29 is 138 Å². The van der Waals surface area contributed by atoms with E-state index in [-0.39, 0.29) is 103 Å². The first kappa shape index (κ1) is 110. The molecule has 2 aromatic carbocycles. The van der Waals surface area contributed by atoms with Crippen LogP contribution in [0.4, 0.5) is 0 Å². The van der Waals surface area contributed by atoms with Crippen molar-refractivity contribution >= 4 is 88.6 Å². The van der Waals surface area contributed by atoms with Crippen LogP contribution in [-0.2, 0) is 151 Å². The van der Waals surface area contributed by atoms with E-state index in [9.17, 15) is 71.9 Å². The molecule has 1 aliphatic heterocycles. The van der Waals surface area contributed by atoms with Gasteiger partial charge < -0.3 is 147 Å². The van der Waals surface area contributed by atoms with Gasteiger partial charge >= 0.3 is 0 Å². The minimum atomic E-state index is -1.10. The molecule has 1 heterocycles. The van der Waals surface area contributed by atoms with Crippen LogP contribution in [0.3, 0.4) is 0 Å². The van der Waals surface area contributed by atoms with E-state index >= 15 is 0 Å². The second kappa shape index (κ2) is 75.0. The molecule has 708 valence electrons. The van der Waals surface area contributed by atoms with Crippen molar-refractivity contribution in [2.75, 3.05) is 257 Å². The molecule has 0 saturated heterocycles. The monoisotopic (exact) mass is 1790 g/mol. The zero-order valence-corrected chi connectivity index (χ0v) is 71.7. The van der Waals surface area contributed by atoms with Gasteiger partial charge in [0.2, 0.25) is 76.8 Å². The van der Waals surface area contributed by atoms with Crippen molar-refractivity contribution in [1.82, 2.24) is 74.0 Å². The van der Waals surface area contributed by atoms with Crippen LogP contribution in [0.15, 0.2) is 72.8 Å². The van der Waals surface area contributed by atoms with Gasteiger partial charge in [0, 0.05) is 69.9 Å². The van der Waals surface area contributed by atoms with Crippen LogP contribution < -0.4 is 80.6 Å². The first-order valence-corrected chi connectivity index (χ1v) is 41.9. The lowest BCUT2D eigenvalue weighted by atomic mass is 10.1. The van der Waals surface area contributed by atoms with E-state index in [0.29, 0.717) is 190 Å². The van der Waals surface area contributed by atoms with E-state index in [1.165, 1.54) is 17.1 Å². The lowest BCUT2D eigenvalue weighted by Crippen LogP contribution is -2.52. The Bertz CT molecular complexity index is 3270. The number of benzene rings is 2. The normalized spacial score (nSPS) is 12.1. The third-order valence-corrected chi connectivity index (χ3v) is 17.1. The van der Waals surface area contributed by atoms with Crippen molar-refractivity contribution in [2.24, 2.45) is 11.5 Å². The minimum Gasteiger partial charge on any atom is -0.379 e. The molecule has 15 amide bonds. The number of nitrogens with two attached hydrogens (primary N) is 2. The average Bonchev–Trinajstić information content (AvgIpc) is 1.76. The van der Waals surface area contributed by atoms with Crippen molar-refractivity contribution in [2.45, 2.75) is 82.3 Å². The fourth-order valence-electron chi connectivity index (χ4n) is 10.7. The van der Waals surface area contributed by atoms with Crippen molar-refractivity contribution in [3.63, 3.8) is 0 Å². The van der Waals surface area contributed by atoms with Crippen LogP contribution in [0.5, 0.6) is 0 Å². The number of carbonyl (C=O) groups excluding carboxylic acids is 15. The van der Waals surface area contributed by atoms with Crippen LogP contribution in [0, 0.1) is 0 Å². The molecule has 0 spiro atoms. The molecule has 2 aromatic rings. The second-order valence-electron chi connectivity index (χ2n) is 27.4. The van der Waals surface area contributed by atoms with Crippen LogP contribution in [0.1, 0.15) is 62.5 Å². The fourth-order valence-corrected chi connectivity index (χ4v) is 10.7. The smallest absolute Gasteiger partial charge is 0.253 e. The molecule has 0 saturated carbocycles. The Hall–Kier alpha value is -10.2. The molecule has 3 rings (SSSR count). The number of amides is 15. The number of unbranched alkanes of at least 4 members (excludes halogenated alkanes) is 2. The van der Waals surface area contributed by atoms with E-state index in [4.69, 9.17) is 77.8 Å². The van der Waals surface area contributed by atoms with Gasteiger partial charge in [-0.15, -0.1) is 0 Å². The lowest BCUT2D eigenvalue weighted by Gasteiger charge is -2.20. The van der Waals surface area contributed by atoms with Gasteiger partial charge in [0.25, 0.3) is 11.8 Å². The van der Waals surface area contributed by atoms with Gasteiger partial charge in [-0.25, -0.2) is 0 Å². The molecule has 0 aliphatic carbocycles. The molecule has 17 N–H and O–H groups in total. The zero-order valence-electron chi connectivity index (χ0n) is 71.7. The summed E-state index contributed by atoms with van der Waals surface area (Å²) in [6.45, 7) is 6.59. The number of imide groups is 1. The first-order chi connectivity index (χ1) is 61.2. The summed E-state index contributed by atoms with van der Waals surface area (Å²) in [5.74, 6) is -8.30. The predicted molar refractivity (Wildman–Crippen MR) is 449 cm³/mol. The Balaban J connectivity index is 1.10. The molecular formula is C81H130N16O29. The lowest BCUT2D eigenvalue weighted by molar-refractivity contribution is -0.137. The van der Waals surface area contributed by atoms with Crippen molar-refractivity contribution in [3.05, 3.63) is 83.9 Å². The Morgan fingerprint density at radius 3 is 0.960 bits per heavy atom. The standard InChI is InChI=1S/C81H130N16O29/c82-67(98)58-125-60-92-74(105)54-90-80(111)65(50-62-10-4-1-5-11-62)95-76(107)56-88-72(103)52-86-69(100)19-26-113-30-34-117-38-42-121-46-48-123-44-40-119-36-32-115-28-23-84-21-17-64(94-71(102)14-8-3-9-25-97-78(109)15-16-79(97)110)18-22-85-24-29-116-33-37-120-41-45-124-49-47-122-43-39-118-35-31-114-27-20-70(101)87-53-73(104)89-57-77(108)96-66(51-63-12-6-2-7-13-63)81(112)91-55-75(106)93-61-126-59-68(83)99/h1-2,4-7,10-13,15-16,64-66,84-85H,3,8-9,14,17-61H2,(H2,82,98)(H2,83,99)(H,86,100)(H,87,101)(H,88,103)(H,89,104)(H,90,111)(H,91,112)(H,92,105)(H,93,106)(H,94,102)(H,95,107)(H,96,108)/t65-,66-/m0/s1. The number of primary amides is 2. The Morgan fingerprint density at radius 1 is 0.302 bits per heavy atom. The highest BCUT2D eigenvalue weighted by Crippen LogP contribution is 2.10. The van der Waals surface area contributed by atoms with Gasteiger partial charge in [0.15, 0.2) is 0 Å². The molecular weight excluding hydrogens is 1660 g/mol. The molecule has 2 atom stereocenters. The molecule has 126 heavy (non-hydrogen) atoms. The summed E-state index contributed by atoms with van der Waals surface area (Å²) in [5.41, 5.74) is 11.4. The molecule has 45 heteroatoms. The molecule has 0 aromatic heterocycles. The van der Waals surface area contributed by atoms with Gasteiger partial charge in [0.1, 0.15) is 38.8 Å². The average molecular weight is 1790 g/mol. The van der Waals surface area contributed by atoms with E-state index in [1.807, 2.05) is 0 Å². The quantitative estimate of drug-likeness (QED) is 0.0166. The highest BCUT2D eigenvalue weighted by Gasteiger charge is 2.26. The maximum absolute atomic E-state index is 13.0. The van der Waals surface area contributed by atoms with Gasteiger partial charge in [-0.2, -0.15) is 0 Å². The SMILES string of the molecule is NC(=O)COCNC(=O)CNC(=O)[C@H](Cc1ccccc1)NC(=O)CNC(=O)CNC(=O)CCOCCOCCOCCOCCOCCOCCNCCC(CCNCCOCCOCCOCCOCCOCCOCCC(=O)NCC(=O)NCC(=O)N[C@@H](Cc1ccccc1)C(=O)NCC(=O)NCOCC(N)=O)NC(=O)CCCCCN1C(=O)C=CC1=O. The van der Waals surface area contributed by atoms with Crippen molar-refractivity contribution in [1.29, 1.82) is 0 Å². The fraction of sp³-hybridized carbons (Fsp3) is 0.642. The van der Waals surface area contributed by atoms with Crippen LogP contribution in [0.25, 0.3) is 0 Å². The van der Waals surface area contributed by atoms with E-state index in [0.717, 1.165) is 11.1 Å². The van der Waals surface area contributed by atoms with Gasteiger partial charge in [-0.05, 0) is 49.9 Å². The zero-order chi connectivity index (χ0) is 91.3. The summed E-state index contributed by atoms with van der Waals surface area (Å²) >= 11 is 0. The Labute approximate surface area is 733 Å². The van der Waals surface area contributed by atoms with E-state index in [2.05, 4.69) is 69.1 Å². The highest BCUT2D eigenvalue weighted by molar-refractivity contribution is 6.12. The summed E-state index contributed by atoms with van der Waals surface area (Å²) in [6.07, 6.45) is 6.24. The summed E-state index contributed by atoms with van der Waals surface area (Å²) in [5, 5.41) is 34.2. The number of carbonyl (C=O) groups is 15. The summed E-state index contributed by atoms with van der Waals surface area (Å²) in [7, 11) is 0. The molecule has 0 fully saturated rings. The second-order valence-corrected chi connectivity index (χ2v) is 27.4. The van der Waals surface area contributed by atoms with Gasteiger partial charge in [-0.3, -0.25) is 76.8 Å². The van der Waals surface area contributed by atoms with Gasteiger partial charge in [0.05, 0.1) is 198 Å². The van der Waals surface area contributed by atoms with E-state index < -0.39 is 135 Å². The Morgan fingerprint density at radius 2 is 0.611 bits per heavy atom. The number of hydrogen-bond acceptors (Lipinski definition) is 31. The van der Waals surface area contributed by atoms with Gasteiger partial charge in [-0.1, -0.05) is 67.1 Å². The molecule has 0 bridgehead atoms. The highest BCUT2D eigenvalue weighted by atomic mass is 16.6. The number of nitrogens with one attached hydrogen (secondary N) is 13. The third-order valence-electron chi connectivity index (χ3n) is 17.1. The van der Waals surface area contributed by atoms with Crippen LogP contribution in [0.2, 0.25) is 0 Å². The van der Waals surface area contributed by atoms with E-state index in [1.54, 1.807) is 60.7 Å². The molecule has 0 radical (unpaired) electrons. The number of ether oxygens (including phenoxy) is 14. The maximum atomic E-state index is 13.0. The van der Waals surface area contributed by atoms with Crippen LogP contribution >= 0.6 is 0 Å². The summed E-state index contributed by atoms with van der Waals surface area (Å²) < 4.78 is 76.4. The summed E-state index contributed by atoms with van der Waals surface area (Å²) in [6, 6.07) is 15.3. The number of rotatable bonds is 83. The summed E-state index contributed by atoms with van der Waals surface area (Å²) in [4.78, 5) is 184. The minimum absolute atomic E-state index is 0.0290. The Kier molecular flexibility index (Phi) is 65.4. The first-order valence-electron chi connectivity index (χ1n) is 41.9. The molecule has 45 nitrogen and oxygen atoms in total.